The number of hydrogen-bond acceptors (Lipinski definition) is 7. The first-order chi connectivity index (χ1) is 14.5. The third-order valence-electron chi connectivity index (χ3n) is 4.83. The van der Waals surface area contributed by atoms with Gasteiger partial charge in [-0.2, -0.15) is 0 Å². The highest BCUT2D eigenvalue weighted by Crippen LogP contribution is 2.32. The van der Waals surface area contributed by atoms with E-state index < -0.39 is 5.92 Å². The molecule has 0 bridgehead atoms. The predicted molar refractivity (Wildman–Crippen MR) is 116 cm³/mol. The summed E-state index contributed by atoms with van der Waals surface area (Å²) in [6, 6.07) is 9.20. The second-order valence-corrected chi connectivity index (χ2v) is 9.06. The molecular formula is C21H20N4O3S2. The summed E-state index contributed by atoms with van der Waals surface area (Å²) in [7, 11) is 0. The summed E-state index contributed by atoms with van der Waals surface area (Å²) in [4.78, 5) is 46.7. The van der Waals surface area contributed by atoms with Gasteiger partial charge in [-0.3, -0.25) is 14.4 Å². The number of ketones is 1. The number of nitrogens with zero attached hydrogens (tertiary/aromatic N) is 2. The molecule has 0 unspecified atom stereocenters. The summed E-state index contributed by atoms with van der Waals surface area (Å²) in [5.41, 5.74) is 1.48. The Bertz CT molecular complexity index is 1060. The second-order valence-electron chi connectivity index (χ2n) is 7.13. The highest BCUT2D eigenvalue weighted by atomic mass is 32.1. The van der Waals surface area contributed by atoms with Crippen LogP contribution in [0.15, 0.2) is 41.9 Å². The van der Waals surface area contributed by atoms with E-state index in [1.807, 2.05) is 42.6 Å². The molecule has 2 heterocycles. The van der Waals surface area contributed by atoms with Crippen LogP contribution in [-0.2, 0) is 22.4 Å². The highest BCUT2D eigenvalue weighted by molar-refractivity contribution is 7.17. The first-order valence-electron chi connectivity index (χ1n) is 9.56. The summed E-state index contributed by atoms with van der Waals surface area (Å²) in [5, 5.41) is 8.78. The van der Waals surface area contributed by atoms with E-state index in [1.165, 1.54) is 22.7 Å². The molecule has 1 aromatic carbocycles. The number of amides is 2. The fraction of sp³-hybridized carbons (Fsp3) is 0.286. The topological polar surface area (TPSA) is 101 Å². The largest absolute Gasteiger partial charge is 0.347 e. The highest BCUT2D eigenvalue weighted by Gasteiger charge is 2.33. The van der Waals surface area contributed by atoms with Crippen molar-refractivity contribution in [1.82, 2.24) is 15.3 Å². The molecule has 0 aliphatic heterocycles. The van der Waals surface area contributed by atoms with Gasteiger partial charge >= 0.3 is 0 Å². The van der Waals surface area contributed by atoms with Crippen molar-refractivity contribution in [2.24, 2.45) is 5.92 Å². The number of benzene rings is 1. The summed E-state index contributed by atoms with van der Waals surface area (Å²) in [6.07, 6.45) is 2.45. The van der Waals surface area contributed by atoms with Crippen molar-refractivity contribution in [2.45, 2.75) is 32.2 Å². The molecule has 7 nitrogen and oxygen atoms in total. The zero-order valence-corrected chi connectivity index (χ0v) is 17.9. The van der Waals surface area contributed by atoms with Gasteiger partial charge in [0.05, 0.1) is 29.0 Å². The van der Waals surface area contributed by atoms with Crippen LogP contribution in [0.3, 0.4) is 0 Å². The molecule has 2 aromatic heterocycles. The Hall–Kier alpha value is -2.91. The van der Waals surface area contributed by atoms with Gasteiger partial charge in [0.2, 0.25) is 11.8 Å². The monoisotopic (exact) mass is 440 g/mol. The molecular weight excluding hydrogens is 420 g/mol. The summed E-state index contributed by atoms with van der Waals surface area (Å²) in [6.45, 7) is 1.87. The Morgan fingerprint density at radius 1 is 1.23 bits per heavy atom. The predicted octanol–water partition coefficient (Wildman–Crippen LogP) is 3.40. The Morgan fingerprint density at radius 2 is 2.03 bits per heavy atom. The number of thiazole rings is 2. The molecule has 9 heteroatoms. The average molecular weight is 441 g/mol. The molecule has 4 rings (SSSR count). The molecule has 2 amide bonds. The van der Waals surface area contributed by atoms with Gasteiger partial charge in [-0.25, -0.2) is 9.97 Å². The SMILES string of the molecule is C[C@@H](NC(=O)[C@@H]1CC(=O)c2sc(NC(=O)Cc3ccccc3)nc2C1)c1nccs1. The molecule has 2 atom stereocenters. The van der Waals surface area contributed by atoms with Crippen LogP contribution < -0.4 is 10.6 Å². The van der Waals surface area contributed by atoms with Crippen LogP contribution in [0, 0.1) is 5.92 Å². The Kier molecular flexibility index (Phi) is 6.01. The van der Waals surface area contributed by atoms with Gasteiger partial charge in [0.1, 0.15) is 5.01 Å². The number of anilines is 1. The van der Waals surface area contributed by atoms with E-state index in [2.05, 4.69) is 20.6 Å². The normalized spacial score (nSPS) is 16.6. The average Bonchev–Trinajstić information content (AvgIpc) is 3.38. The molecule has 154 valence electrons. The van der Waals surface area contributed by atoms with Crippen molar-refractivity contribution < 1.29 is 14.4 Å². The third kappa shape index (κ3) is 4.63. The molecule has 0 fully saturated rings. The number of fused-ring (bicyclic) bond motifs is 1. The van der Waals surface area contributed by atoms with Crippen LogP contribution in [0.4, 0.5) is 5.13 Å². The fourth-order valence-electron chi connectivity index (χ4n) is 3.35. The van der Waals surface area contributed by atoms with Crippen LogP contribution >= 0.6 is 22.7 Å². The minimum absolute atomic E-state index is 0.112. The molecule has 3 aromatic rings. The molecule has 0 spiro atoms. The molecule has 1 aliphatic rings. The number of nitrogens with one attached hydrogen (secondary N) is 2. The van der Waals surface area contributed by atoms with Gasteiger partial charge in [0.25, 0.3) is 0 Å². The Balaban J connectivity index is 1.40. The van der Waals surface area contributed by atoms with Gasteiger partial charge in [-0.1, -0.05) is 41.7 Å². The first kappa shape index (κ1) is 20.4. The third-order valence-corrected chi connectivity index (χ3v) is 6.84. The van der Waals surface area contributed by atoms with Crippen molar-refractivity contribution in [1.29, 1.82) is 0 Å². The van der Waals surface area contributed by atoms with E-state index >= 15 is 0 Å². The van der Waals surface area contributed by atoms with Crippen molar-refractivity contribution in [2.75, 3.05) is 5.32 Å². The quantitative estimate of drug-likeness (QED) is 0.612. The summed E-state index contributed by atoms with van der Waals surface area (Å²) >= 11 is 2.65. The van der Waals surface area contributed by atoms with Crippen LogP contribution in [0.2, 0.25) is 0 Å². The molecule has 30 heavy (non-hydrogen) atoms. The number of rotatable bonds is 6. The summed E-state index contributed by atoms with van der Waals surface area (Å²) in [5.74, 6) is -0.951. The second kappa shape index (κ2) is 8.85. The van der Waals surface area contributed by atoms with E-state index in [0.717, 1.165) is 10.6 Å². The maximum absolute atomic E-state index is 12.7. The van der Waals surface area contributed by atoms with Gasteiger partial charge in [0, 0.05) is 24.4 Å². The van der Waals surface area contributed by atoms with Gasteiger partial charge in [-0.05, 0) is 12.5 Å². The lowest BCUT2D eigenvalue weighted by molar-refractivity contribution is -0.125. The van der Waals surface area contributed by atoms with Crippen LogP contribution in [0.1, 0.15) is 45.3 Å². The molecule has 0 radical (unpaired) electrons. The lowest BCUT2D eigenvalue weighted by Crippen LogP contribution is -2.36. The number of carbonyl (C=O) groups is 3. The lowest BCUT2D eigenvalue weighted by atomic mass is 9.89. The van der Waals surface area contributed by atoms with Gasteiger partial charge in [0.15, 0.2) is 10.9 Å². The molecule has 0 saturated carbocycles. The lowest BCUT2D eigenvalue weighted by Gasteiger charge is -2.21. The number of Topliss-reactive ketones (excluding diaryl/α,β-unsaturated/α-hetero) is 1. The van der Waals surface area contributed by atoms with E-state index in [4.69, 9.17) is 0 Å². The van der Waals surface area contributed by atoms with Crippen molar-refractivity contribution >= 4 is 45.4 Å². The maximum atomic E-state index is 12.7. The standard InChI is InChI=1S/C21H20N4O3S2/c1-12(20-22-7-8-29-20)23-19(28)14-10-15-18(16(26)11-14)30-21(24-15)25-17(27)9-13-5-3-2-4-6-13/h2-8,12,14H,9-11H2,1H3,(H,23,28)(H,24,25,27)/t12-,14+/m1/s1. The Labute approximate surface area is 181 Å². The first-order valence-corrected chi connectivity index (χ1v) is 11.3. The fourth-order valence-corrected chi connectivity index (χ4v) is 4.96. The molecule has 1 aliphatic carbocycles. The van der Waals surface area contributed by atoms with E-state index in [-0.39, 0.29) is 36.5 Å². The van der Waals surface area contributed by atoms with Crippen molar-refractivity contribution in [3.8, 4) is 0 Å². The number of carbonyl (C=O) groups excluding carboxylic acids is 3. The Morgan fingerprint density at radius 3 is 2.77 bits per heavy atom. The zero-order chi connectivity index (χ0) is 21.1. The number of aromatic nitrogens is 2. The van der Waals surface area contributed by atoms with E-state index in [9.17, 15) is 14.4 Å². The van der Waals surface area contributed by atoms with Crippen LogP contribution in [0.5, 0.6) is 0 Å². The van der Waals surface area contributed by atoms with Crippen molar-refractivity contribution in [3.05, 3.63) is 63.1 Å². The minimum atomic E-state index is -0.470. The zero-order valence-electron chi connectivity index (χ0n) is 16.3. The van der Waals surface area contributed by atoms with Crippen LogP contribution in [-0.4, -0.2) is 27.6 Å². The number of hydrogen-bond donors (Lipinski definition) is 2. The van der Waals surface area contributed by atoms with Gasteiger partial charge in [-0.15, -0.1) is 11.3 Å². The van der Waals surface area contributed by atoms with Gasteiger partial charge < -0.3 is 10.6 Å². The maximum Gasteiger partial charge on any atom is 0.230 e. The minimum Gasteiger partial charge on any atom is -0.347 e. The van der Waals surface area contributed by atoms with E-state index in [0.29, 0.717) is 22.1 Å². The van der Waals surface area contributed by atoms with E-state index in [1.54, 1.807) is 6.20 Å². The van der Waals surface area contributed by atoms with Crippen LogP contribution in [0.25, 0.3) is 0 Å². The summed E-state index contributed by atoms with van der Waals surface area (Å²) < 4.78 is 0. The van der Waals surface area contributed by atoms with Crippen molar-refractivity contribution in [3.63, 3.8) is 0 Å². The molecule has 2 N–H and O–H groups in total. The molecule has 0 saturated heterocycles. The smallest absolute Gasteiger partial charge is 0.230 e.